The third kappa shape index (κ3) is 4.82. The van der Waals surface area contributed by atoms with Gasteiger partial charge in [-0.3, -0.25) is 4.79 Å². The Bertz CT molecular complexity index is 923. The molecular weight excluding hydrogens is 340 g/mol. The van der Waals surface area contributed by atoms with Gasteiger partial charge in [0.25, 0.3) is 5.91 Å². The largest absolute Gasteiger partial charge is 0.489 e. The highest BCUT2D eigenvalue weighted by atomic mass is 16.5. The van der Waals surface area contributed by atoms with Crippen molar-refractivity contribution in [1.82, 2.24) is 9.97 Å². The van der Waals surface area contributed by atoms with Gasteiger partial charge < -0.3 is 15.4 Å². The molecule has 1 aromatic heterocycles. The zero-order valence-corrected chi connectivity index (χ0v) is 15.6. The maximum absolute atomic E-state index is 12.5. The number of nitrogens with one attached hydrogen (secondary N) is 2. The van der Waals surface area contributed by atoms with Crippen molar-refractivity contribution >= 4 is 23.2 Å². The first-order chi connectivity index (χ1) is 13.0. The van der Waals surface area contributed by atoms with E-state index in [1.54, 1.807) is 6.07 Å². The van der Waals surface area contributed by atoms with Crippen LogP contribution in [0.4, 0.5) is 17.3 Å². The third-order valence-electron chi connectivity index (χ3n) is 3.80. The number of anilines is 3. The van der Waals surface area contributed by atoms with Crippen LogP contribution >= 0.6 is 0 Å². The Balaban J connectivity index is 1.70. The number of benzene rings is 2. The number of ether oxygens (including phenoxy) is 1. The van der Waals surface area contributed by atoms with E-state index in [-0.39, 0.29) is 12.0 Å². The average molecular weight is 362 g/mol. The summed E-state index contributed by atoms with van der Waals surface area (Å²) in [6.45, 7) is 5.88. The average Bonchev–Trinajstić information content (AvgIpc) is 2.65. The number of amides is 1. The molecule has 138 valence electrons. The molecule has 0 saturated heterocycles. The van der Waals surface area contributed by atoms with Crippen LogP contribution in [-0.2, 0) is 0 Å². The number of aryl methyl sites for hydroxylation is 1. The third-order valence-corrected chi connectivity index (χ3v) is 3.80. The van der Waals surface area contributed by atoms with Gasteiger partial charge in [0.2, 0.25) is 5.95 Å². The van der Waals surface area contributed by atoms with E-state index < -0.39 is 0 Å². The minimum atomic E-state index is -0.294. The van der Waals surface area contributed by atoms with Crippen molar-refractivity contribution in [1.29, 1.82) is 0 Å². The fraction of sp³-hybridized carbons (Fsp3) is 0.190. The van der Waals surface area contributed by atoms with Gasteiger partial charge in [-0.2, -0.15) is 0 Å². The van der Waals surface area contributed by atoms with Crippen LogP contribution in [0.25, 0.3) is 0 Å². The highest BCUT2D eigenvalue weighted by Crippen LogP contribution is 2.25. The van der Waals surface area contributed by atoms with E-state index in [0.717, 1.165) is 11.3 Å². The molecule has 6 heteroatoms. The molecule has 0 atom stereocenters. The standard InChI is InChI=1S/C21H22N4O2/c1-14(2)27-19-11-7-6-10-18(19)24-20(26)16-12-22-21(23-13-16)25-17-9-5-4-8-15(17)3/h4-14H,1-3H3,(H,24,26)(H,22,23,25). The Morgan fingerprint density at radius 1 is 0.963 bits per heavy atom. The minimum absolute atomic E-state index is 0.0122. The van der Waals surface area contributed by atoms with Crippen molar-refractivity contribution in [3.63, 3.8) is 0 Å². The summed E-state index contributed by atoms with van der Waals surface area (Å²) in [6.07, 6.45) is 3.00. The van der Waals surface area contributed by atoms with Crippen LogP contribution in [0.1, 0.15) is 29.8 Å². The van der Waals surface area contributed by atoms with Crippen LogP contribution in [0.2, 0.25) is 0 Å². The Labute approximate surface area is 158 Å². The van der Waals surface area contributed by atoms with E-state index in [2.05, 4.69) is 20.6 Å². The lowest BCUT2D eigenvalue weighted by atomic mass is 10.2. The summed E-state index contributed by atoms with van der Waals surface area (Å²) in [5.41, 5.74) is 2.99. The van der Waals surface area contributed by atoms with Crippen molar-refractivity contribution < 1.29 is 9.53 Å². The highest BCUT2D eigenvalue weighted by Gasteiger charge is 2.12. The summed E-state index contributed by atoms with van der Waals surface area (Å²) in [4.78, 5) is 21.0. The van der Waals surface area contributed by atoms with E-state index in [1.807, 2.05) is 63.2 Å². The Hall–Kier alpha value is -3.41. The van der Waals surface area contributed by atoms with Crippen molar-refractivity contribution in [2.24, 2.45) is 0 Å². The maximum atomic E-state index is 12.5. The van der Waals surface area contributed by atoms with Crippen LogP contribution < -0.4 is 15.4 Å². The van der Waals surface area contributed by atoms with Gasteiger partial charge in [-0.25, -0.2) is 9.97 Å². The molecule has 2 N–H and O–H groups in total. The molecule has 1 heterocycles. The van der Waals surface area contributed by atoms with Crippen molar-refractivity contribution in [2.75, 3.05) is 10.6 Å². The molecule has 2 aromatic carbocycles. The molecule has 0 bridgehead atoms. The lowest BCUT2D eigenvalue weighted by molar-refractivity contribution is 0.102. The van der Waals surface area contributed by atoms with Crippen molar-refractivity contribution in [3.05, 3.63) is 72.1 Å². The molecule has 0 aliphatic heterocycles. The number of carbonyl (C=O) groups excluding carboxylic acids is 1. The second-order valence-corrected chi connectivity index (χ2v) is 6.35. The van der Waals surface area contributed by atoms with Gasteiger partial charge in [0.15, 0.2) is 0 Å². The molecule has 0 spiro atoms. The van der Waals surface area contributed by atoms with E-state index in [0.29, 0.717) is 22.9 Å². The molecule has 0 fully saturated rings. The first-order valence-electron chi connectivity index (χ1n) is 8.74. The number of hydrogen-bond acceptors (Lipinski definition) is 5. The van der Waals surface area contributed by atoms with Gasteiger partial charge in [0, 0.05) is 18.1 Å². The van der Waals surface area contributed by atoms with E-state index in [9.17, 15) is 4.79 Å². The number of nitrogens with zero attached hydrogens (tertiary/aromatic N) is 2. The van der Waals surface area contributed by atoms with Gasteiger partial charge in [0.05, 0.1) is 17.4 Å². The number of aromatic nitrogens is 2. The van der Waals surface area contributed by atoms with Gasteiger partial charge in [-0.05, 0) is 44.5 Å². The predicted molar refractivity (Wildman–Crippen MR) is 107 cm³/mol. The van der Waals surface area contributed by atoms with E-state index in [1.165, 1.54) is 12.4 Å². The molecule has 3 rings (SSSR count). The molecule has 6 nitrogen and oxygen atoms in total. The fourth-order valence-electron chi connectivity index (χ4n) is 2.46. The highest BCUT2D eigenvalue weighted by molar-refractivity contribution is 6.04. The van der Waals surface area contributed by atoms with Gasteiger partial charge >= 0.3 is 0 Å². The number of rotatable bonds is 6. The maximum Gasteiger partial charge on any atom is 0.258 e. The first kappa shape index (κ1) is 18.4. The Morgan fingerprint density at radius 2 is 1.59 bits per heavy atom. The lowest BCUT2D eigenvalue weighted by Gasteiger charge is -2.14. The second-order valence-electron chi connectivity index (χ2n) is 6.35. The predicted octanol–water partition coefficient (Wildman–Crippen LogP) is 4.57. The monoisotopic (exact) mass is 362 g/mol. The van der Waals surface area contributed by atoms with Crippen LogP contribution in [0.5, 0.6) is 5.75 Å². The molecule has 3 aromatic rings. The molecule has 0 aliphatic carbocycles. The Kier molecular flexibility index (Phi) is 5.66. The smallest absolute Gasteiger partial charge is 0.258 e. The summed E-state index contributed by atoms with van der Waals surface area (Å²) < 4.78 is 5.72. The van der Waals surface area contributed by atoms with Gasteiger partial charge in [-0.15, -0.1) is 0 Å². The van der Waals surface area contributed by atoms with Crippen LogP contribution in [0.3, 0.4) is 0 Å². The molecular formula is C21H22N4O2. The lowest BCUT2D eigenvalue weighted by Crippen LogP contribution is -2.15. The normalized spacial score (nSPS) is 10.5. The summed E-state index contributed by atoms with van der Waals surface area (Å²) >= 11 is 0. The summed E-state index contributed by atoms with van der Waals surface area (Å²) in [6, 6.07) is 15.2. The van der Waals surface area contributed by atoms with E-state index >= 15 is 0 Å². The molecule has 1 amide bonds. The van der Waals surface area contributed by atoms with Gasteiger partial charge in [-0.1, -0.05) is 30.3 Å². The molecule has 27 heavy (non-hydrogen) atoms. The number of carbonyl (C=O) groups is 1. The topological polar surface area (TPSA) is 76.1 Å². The molecule has 0 radical (unpaired) electrons. The van der Waals surface area contributed by atoms with Crippen molar-refractivity contribution in [3.8, 4) is 5.75 Å². The summed E-state index contributed by atoms with van der Waals surface area (Å²) in [5, 5.41) is 5.99. The summed E-state index contributed by atoms with van der Waals surface area (Å²) in [5.74, 6) is 0.765. The number of hydrogen-bond donors (Lipinski definition) is 2. The van der Waals surface area contributed by atoms with Crippen molar-refractivity contribution in [2.45, 2.75) is 26.9 Å². The SMILES string of the molecule is Cc1ccccc1Nc1ncc(C(=O)Nc2ccccc2OC(C)C)cn1. The zero-order chi connectivity index (χ0) is 19.2. The Morgan fingerprint density at radius 3 is 2.26 bits per heavy atom. The van der Waals surface area contributed by atoms with Crippen LogP contribution in [0, 0.1) is 6.92 Å². The molecule has 0 saturated carbocycles. The van der Waals surface area contributed by atoms with Crippen LogP contribution in [-0.4, -0.2) is 22.0 Å². The second kappa shape index (κ2) is 8.31. The molecule has 0 unspecified atom stereocenters. The van der Waals surface area contributed by atoms with E-state index in [4.69, 9.17) is 4.74 Å². The van der Waals surface area contributed by atoms with Gasteiger partial charge in [0.1, 0.15) is 5.75 Å². The summed E-state index contributed by atoms with van der Waals surface area (Å²) in [7, 11) is 0. The minimum Gasteiger partial charge on any atom is -0.489 e. The molecule has 0 aliphatic rings. The zero-order valence-electron chi connectivity index (χ0n) is 15.6. The quantitative estimate of drug-likeness (QED) is 0.672. The first-order valence-corrected chi connectivity index (χ1v) is 8.74. The number of para-hydroxylation sites is 3. The van der Waals surface area contributed by atoms with Crippen LogP contribution in [0.15, 0.2) is 60.9 Å². The fourth-order valence-corrected chi connectivity index (χ4v) is 2.46.